The van der Waals surface area contributed by atoms with Gasteiger partial charge in [0.2, 0.25) is 5.91 Å². The van der Waals surface area contributed by atoms with Crippen LogP contribution in [0.15, 0.2) is 24.3 Å². The van der Waals surface area contributed by atoms with Crippen LogP contribution in [-0.2, 0) is 11.2 Å². The topological polar surface area (TPSA) is 35.6 Å². The third kappa shape index (κ3) is 3.18. The number of likely N-dealkylation sites (tertiary alicyclic amines) is 1. The largest absolute Gasteiger partial charge is 0.319 e. The minimum atomic E-state index is 0.254. The highest BCUT2D eigenvalue weighted by Crippen LogP contribution is 2.32. The summed E-state index contributed by atoms with van der Waals surface area (Å²) in [5.41, 5.74) is 2.42. The minimum absolute atomic E-state index is 0.254. The fourth-order valence-electron chi connectivity index (χ4n) is 3.85. The molecule has 0 radical (unpaired) electrons. The van der Waals surface area contributed by atoms with Crippen molar-refractivity contribution in [2.24, 2.45) is 5.92 Å². The molecule has 22 heavy (non-hydrogen) atoms. The quantitative estimate of drug-likeness (QED) is 0.922. The number of carbonyl (C=O) groups excluding carboxylic acids is 1. The van der Waals surface area contributed by atoms with Crippen LogP contribution in [0.3, 0.4) is 0 Å². The second-order valence-corrected chi connectivity index (χ2v) is 6.72. The predicted molar refractivity (Wildman–Crippen MR) is 90.2 cm³/mol. The molecule has 4 heteroatoms. The van der Waals surface area contributed by atoms with Gasteiger partial charge in [0.15, 0.2) is 0 Å². The van der Waals surface area contributed by atoms with E-state index in [0.29, 0.717) is 6.54 Å². The van der Waals surface area contributed by atoms with Crippen LogP contribution in [0.2, 0.25) is 0 Å². The molecule has 2 heterocycles. The van der Waals surface area contributed by atoms with Gasteiger partial charge in [-0.15, -0.1) is 0 Å². The van der Waals surface area contributed by atoms with Gasteiger partial charge in [-0.3, -0.25) is 9.69 Å². The van der Waals surface area contributed by atoms with Crippen LogP contribution in [0.1, 0.15) is 25.3 Å². The lowest BCUT2D eigenvalue weighted by atomic mass is 9.97. The summed E-state index contributed by atoms with van der Waals surface area (Å²) in [5, 5.41) is 3.26. The number of benzene rings is 1. The molecule has 1 atom stereocenters. The minimum Gasteiger partial charge on any atom is -0.319 e. The summed E-state index contributed by atoms with van der Waals surface area (Å²) in [4.78, 5) is 17.1. The van der Waals surface area contributed by atoms with Crippen molar-refractivity contribution in [3.05, 3.63) is 29.8 Å². The van der Waals surface area contributed by atoms with Gasteiger partial charge in [-0.1, -0.05) is 18.2 Å². The van der Waals surface area contributed by atoms with Crippen molar-refractivity contribution < 1.29 is 4.79 Å². The van der Waals surface area contributed by atoms with Gasteiger partial charge in [-0.25, -0.2) is 0 Å². The number of amides is 1. The van der Waals surface area contributed by atoms with Crippen LogP contribution in [0.4, 0.5) is 5.69 Å². The Bertz CT molecular complexity index is 523. The zero-order valence-electron chi connectivity index (χ0n) is 13.7. The fourth-order valence-corrected chi connectivity index (χ4v) is 3.85. The van der Waals surface area contributed by atoms with Gasteiger partial charge in [-0.2, -0.15) is 0 Å². The standard InChI is InChI=1S/C18H27N3O/c1-14-11-16-5-3-4-6-17(16)21(14)18(22)13-20-9-7-15(8-10-20)12-19-2/h3-6,14-15,19H,7-13H2,1-2H3. The number of rotatable bonds is 4. The Morgan fingerprint density at radius 1 is 1.27 bits per heavy atom. The lowest BCUT2D eigenvalue weighted by Gasteiger charge is -2.33. The molecule has 1 amide bonds. The second kappa shape index (κ2) is 6.80. The molecular formula is C18H27N3O. The van der Waals surface area contributed by atoms with E-state index < -0.39 is 0 Å². The molecule has 2 aliphatic heterocycles. The van der Waals surface area contributed by atoms with E-state index in [1.807, 2.05) is 18.0 Å². The molecule has 0 spiro atoms. The molecule has 0 bridgehead atoms. The first-order valence-electron chi connectivity index (χ1n) is 8.46. The fraction of sp³-hybridized carbons (Fsp3) is 0.611. The third-order valence-electron chi connectivity index (χ3n) is 5.03. The Kier molecular flexibility index (Phi) is 4.79. The third-order valence-corrected chi connectivity index (χ3v) is 5.03. The Balaban J connectivity index is 1.59. The van der Waals surface area contributed by atoms with Gasteiger partial charge in [0.25, 0.3) is 0 Å². The van der Waals surface area contributed by atoms with E-state index in [1.165, 1.54) is 18.4 Å². The molecule has 0 aromatic heterocycles. The molecule has 0 saturated carbocycles. The molecule has 0 aliphatic carbocycles. The normalized spacial score (nSPS) is 22.8. The van der Waals surface area contributed by atoms with Crippen molar-refractivity contribution in [2.45, 2.75) is 32.2 Å². The van der Waals surface area contributed by atoms with E-state index in [1.54, 1.807) is 0 Å². The monoisotopic (exact) mass is 301 g/mol. The molecular weight excluding hydrogens is 274 g/mol. The number of fused-ring (bicyclic) bond motifs is 1. The van der Waals surface area contributed by atoms with Crippen LogP contribution in [-0.4, -0.2) is 50.1 Å². The maximum atomic E-state index is 12.8. The first-order chi connectivity index (χ1) is 10.7. The molecule has 1 unspecified atom stereocenters. The molecule has 2 aliphatic rings. The highest BCUT2D eigenvalue weighted by atomic mass is 16.2. The van der Waals surface area contributed by atoms with Crippen LogP contribution < -0.4 is 10.2 Å². The van der Waals surface area contributed by atoms with Gasteiger partial charge >= 0.3 is 0 Å². The molecule has 4 nitrogen and oxygen atoms in total. The van der Waals surface area contributed by atoms with Crippen molar-refractivity contribution in [3.8, 4) is 0 Å². The molecule has 1 saturated heterocycles. The molecule has 120 valence electrons. The Morgan fingerprint density at radius 3 is 2.73 bits per heavy atom. The number of nitrogens with one attached hydrogen (secondary N) is 1. The lowest BCUT2D eigenvalue weighted by Crippen LogP contribution is -2.46. The van der Waals surface area contributed by atoms with E-state index >= 15 is 0 Å². The predicted octanol–water partition coefficient (Wildman–Crippen LogP) is 1.90. The highest BCUT2D eigenvalue weighted by Gasteiger charge is 2.31. The van der Waals surface area contributed by atoms with Crippen molar-refractivity contribution in [3.63, 3.8) is 0 Å². The van der Waals surface area contributed by atoms with Crippen molar-refractivity contribution in [1.29, 1.82) is 0 Å². The Hall–Kier alpha value is -1.39. The first-order valence-corrected chi connectivity index (χ1v) is 8.46. The highest BCUT2D eigenvalue weighted by molar-refractivity contribution is 5.97. The zero-order valence-corrected chi connectivity index (χ0v) is 13.7. The Morgan fingerprint density at radius 2 is 2.00 bits per heavy atom. The summed E-state index contributed by atoms with van der Waals surface area (Å²) in [6, 6.07) is 8.59. The molecule has 1 aromatic carbocycles. The Labute approximate surface area is 133 Å². The average molecular weight is 301 g/mol. The molecule has 1 aromatic rings. The van der Waals surface area contributed by atoms with Crippen LogP contribution >= 0.6 is 0 Å². The molecule has 1 fully saturated rings. The smallest absolute Gasteiger partial charge is 0.241 e. The van der Waals surface area contributed by atoms with Gasteiger partial charge in [0, 0.05) is 11.7 Å². The van der Waals surface area contributed by atoms with E-state index in [2.05, 4.69) is 35.3 Å². The summed E-state index contributed by atoms with van der Waals surface area (Å²) in [6.45, 7) is 5.89. The number of hydrogen-bond acceptors (Lipinski definition) is 3. The SMILES string of the molecule is CNCC1CCN(CC(=O)N2c3ccccc3CC2C)CC1. The summed E-state index contributed by atoms with van der Waals surface area (Å²) in [6.07, 6.45) is 3.37. The van der Waals surface area contributed by atoms with Gasteiger partial charge in [0.1, 0.15) is 0 Å². The van der Waals surface area contributed by atoms with Crippen LogP contribution in [0.25, 0.3) is 0 Å². The van der Waals surface area contributed by atoms with E-state index in [-0.39, 0.29) is 11.9 Å². The summed E-state index contributed by atoms with van der Waals surface area (Å²) < 4.78 is 0. The van der Waals surface area contributed by atoms with E-state index in [4.69, 9.17) is 0 Å². The van der Waals surface area contributed by atoms with Crippen LogP contribution in [0.5, 0.6) is 0 Å². The van der Waals surface area contributed by atoms with E-state index in [0.717, 1.165) is 37.7 Å². The number of nitrogens with zero attached hydrogens (tertiary/aromatic N) is 2. The van der Waals surface area contributed by atoms with Gasteiger partial charge in [-0.05, 0) is 70.4 Å². The lowest BCUT2D eigenvalue weighted by molar-refractivity contribution is -0.120. The average Bonchev–Trinajstić information content (AvgIpc) is 2.85. The summed E-state index contributed by atoms with van der Waals surface area (Å²) >= 11 is 0. The molecule has 3 rings (SSSR count). The number of carbonyl (C=O) groups is 1. The summed E-state index contributed by atoms with van der Waals surface area (Å²) in [7, 11) is 2.02. The van der Waals surface area contributed by atoms with Crippen molar-refractivity contribution >= 4 is 11.6 Å². The van der Waals surface area contributed by atoms with Crippen LogP contribution in [0, 0.1) is 5.92 Å². The number of hydrogen-bond donors (Lipinski definition) is 1. The number of piperidine rings is 1. The van der Waals surface area contributed by atoms with Gasteiger partial charge in [0.05, 0.1) is 6.54 Å². The molecule has 1 N–H and O–H groups in total. The maximum Gasteiger partial charge on any atom is 0.241 e. The summed E-state index contributed by atoms with van der Waals surface area (Å²) in [5.74, 6) is 1.02. The van der Waals surface area contributed by atoms with Crippen molar-refractivity contribution in [2.75, 3.05) is 38.1 Å². The number of para-hydroxylation sites is 1. The first kappa shape index (κ1) is 15.5. The second-order valence-electron chi connectivity index (χ2n) is 6.72. The van der Waals surface area contributed by atoms with Gasteiger partial charge < -0.3 is 10.2 Å². The zero-order chi connectivity index (χ0) is 15.5. The van der Waals surface area contributed by atoms with Crippen molar-refractivity contribution in [1.82, 2.24) is 10.2 Å². The number of anilines is 1. The van der Waals surface area contributed by atoms with E-state index in [9.17, 15) is 4.79 Å². The maximum absolute atomic E-state index is 12.8.